The highest BCUT2D eigenvalue weighted by atomic mass is 35.5. The minimum Gasteiger partial charge on any atom is -0.312 e. The second kappa shape index (κ2) is 5.36. The first-order chi connectivity index (χ1) is 9.67. The van der Waals surface area contributed by atoms with Crippen LogP contribution in [0.3, 0.4) is 0 Å². The molecule has 1 aliphatic carbocycles. The lowest BCUT2D eigenvalue weighted by atomic mass is 9.67. The van der Waals surface area contributed by atoms with Crippen molar-refractivity contribution in [3.05, 3.63) is 23.7 Å². The number of aromatic nitrogens is 3. The minimum atomic E-state index is 0.460. The molecule has 4 heteroatoms. The monoisotopic (exact) mass is 291 g/mol. The quantitative estimate of drug-likeness (QED) is 0.777. The first kappa shape index (κ1) is 13.9. The maximum atomic E-state index is 5.95. The topological polar surface area (TPSA) is 30.7 Å². The van der Waals surface area contributed by atoms with Gasteiger partial charge in [0.15, 0.2) is 5.65 Å². The molecule has 0 N–H and O–H groups in total. The highest BCUT2D eigenvalue weighted by Gasteiger charge is 2.36. The van der Waals surface area contributed by atoms with Crippen LogP contribution in [0.4, 0.5) is 0 Å². The van der Waals surface area contributed by atoms with Crippen molar-refractivity contribution in [2.45, 2.75) is 52.5 Å². The van der Waals surface area contributed by atoms with E-state index in [9.17, 15) is 0 Å². The second-order valence-electron chi connectivity index (χ2n) is 6.12. The molecular formula is C16H22ClN3. The normalized spacial score (nSPS) is 17.4. The Morgan fingerprint density at radius 2 is 2.20 bits per heavy atom. The number of halogens is 1. The first-order valence-corrected chi connectivity index (χ1v) is 8.09. The molecule has 0 bridgehead atoms. The van der Waals surface area contributed by atoms with Crippen molar-refractivity contribution >= 4 is 22.8 Å². The molecule has 0 amide bonds. The third-order valence-electron chi connectivity index (χ3n) is 4.78. The lowest BCUT2D eigenvalue weighted by Gasteiger charge is -2.41. The zero-order valence-corrected chi connectivity index (χ0v) is 13.1. The van der Waals surface area contributed by atoms with Gasteiger partial charge in [-0.3, -0.25) is 0 Å². The van der Waals surface area contributed by atoms with E-state index in [-0.39, 0.29) is 0 Å². The molecule has 2 aromatic rings. The van der Waals surface area contributed by atoms with Gasteiger partial charge in [-0.05, 0) is 43.2 Å². The lowest BCUT2D eigenvalue weighted by Crippen LogP contribution is -2.34. The summed E-state index contributed by atoms with van der Waals surface area (Å²) in [5, 5.41) is 0. The third-order valence-corrected chi connectivity index (χ3v) is 4.97. The van der Waals surface area contributed by atoms with E-state index in [4.69, 9.17) is 16.6 Å². The number of pyridine rings is 1. The maximum absolute atomic E-state index is 5.95. The summed E-state index contributed by atoms with van der Waals surface area (Å²) in [6.45, 7) is 5.41. The highest BCUT2D eigenvalue weighted by Crippen LogP contribution is 2.45. The van der Waals surface area contributed by atoms with Gasteiger partial charge in [0.25, 0.3) is 0 Å². The molecule has 0 saturated heterocycles. The van der Waals surface area contributed by atoms with E-state index in [2.05, 4.69) is 29.5 Å². The summed E-state index contributed by atoms with van der Waals surface area (Å²) in [6.07, 6.45) is 8.00. The fourth-order valence-electron chi connectivity index (χ4n) is 3.24. The van der Waals surface area contributed by atoms with Crippen LogP contribution in [-0.4, -0.2) is 20.4 Å². The molecule has 0 unspecified atom stereocenters. The number of nitrogens with zero attached hydrogens (tertiary/aromatic N) is 3. The van der Waals surface area contributed by atoms with Gasteiger partial charge in [0.2, 0.25) is 0 Å². The Morgan fingerprint density at radius 3 is 2.80 bits per heavy atom. The van der Waals surface area contributed by atoms with Crippen LogP contribution in [0.1, 0.15) is 44.0 Å². The van der Waals surface area contributed by atoms with E-state index in [1.807, 2.05) is 6.20 Å². The number of aryl methyl sites for hydroxylation is 2. The summed E-state index contributed by atoms with van der Waals surface area (Å²) >= 11 is 5.95. The average Bonchev–Trinajstić information content (AvgIpc) is 2.71. The standard InChI is InChI=1S/C16H22ClN3/c1-3-16(6-4-7-16)11-20-14(5-8-17)19-13-9-12(2)10-18-15(13)20/h9-10H,3-8,11H2,1-2H3. The summed E-state index contributed by atoms with van der Waals surface area (Å²) in [5.41, 5.74) is 3.65. The Bertz CT molecular complexity index is 608. The van der Waals surface area contributed by atoms with Crippen molar-refractivity contribution in [3.63, 3.8) is 0 Å². The van der Waals surface area contributed by atoms with Gasteiger partial charge in [0, 0.05) is 25.0 Å². The Labute approximate surface area is 125 Å². The number of hydrogen-bond acceptors (Lipinski definition) is 2. The van der Waals surface area contributed by atoms with E-state index in [0.717, 1.165) is 35.5 Å². The Kier molecular flexibility index (Phi) is 3.72. The van der Waals surface area contributed by atoms with E-state index >= 15 is 0 Å². The van der Waals surface area contributed by atoms with Gasteiger partial charge < -0.3 is 4.57 Å². The second-order valence-corrected chi connectivity index (χ2v) is 6.49. The maximum Gasteiger partial charge on any atom is 0.160 e. The van der Waals surface area contributed by atoms with Crippen molar-refractivity contribution in [2.24, 2.45) is 5.41 Å². The molecule has 0 radical (unpaired) electrons. The fraction of sp³-hybridized carbons (Fsp3) is 0.625. The molecule has 3 nitrogen and oxygen atoms in total. The van der Waals surface area contributed by atoms with Crippen LogP contribution in [0.25, 0.3) is 11.2 Å². The Hall–Kier alpha value is -1.09. The summed E-state index contributed by atoms with van der Waals surface area (Å²) in [4.78, 5) is 9.37. The molecule has 0 aromatic carbocycles. The molecule has 3 rings (SSSR count). The average molecular weight is 292 g/mol. The van der Waals surface area contributed by atoms with Crippen molar-refractivity contribution < 1.29 is 0 Å². The van der Waals surface area contributed by atoms with Crippen LogP contribution in [0.5, 0.6) is 0 Å². The van der Waals surface area contributed by atoms with Gasteiger partial charge in [-0.1, -0.05) is 13.3 Å². The van der Waals surface area contributed by atoms with Crippen LogP contribution in [0.15, 0.2) is 12.3 Å². The zero-order chi connectivity index (χ0) is 14.2. The summed E-state index contributed by atoms with van der Waals surface area (Å²) in [6, 6.07) is 2.12. The number of imidazole rings is 1. The summed E-state index contributed by atoms with van der Waals surface area (Å²) < 4.78 is 2.32. The molecule has 20 heavy (non-hydrogen) atoms. The third kappa shape index (κ3) is 2.32. The molecule has 108 valence electrons. The molecule has 1 saturated carbocycles. The molecule has 1 fully saturated rings. The van der Waals surface area contributed by atoms with Crippen molar-refractivity contribution in [2.75, 3.05) is 5.88 Å². The predicted molar refractivity (Wildman–Crippen MR) is 83.3 cm³/mol. The van der Waals surface area contributed by atoms with Gasteiger partial charge in [-0.2, -0.15) is 0 Å². The van der Waals surface area contributed by atoms with E-state index in [0.29, 0.717) is 11.3 Å². The Balaban J connectivity index is 2.04. The van der Waals surface area contributed by atoms with Gasteiger partial charge in [0.05, 0.1) is 0 Å². The van der Waals surface area contributed by atoms with E-state index < -0.39 is 0 Å². The molecule has 0 atom stereocenters. The molecule has 1 aliphatic rings. The van der Waals surface area contributed by atoms with Crippen LogP contribution in [-0.2, 0) is 13.0 Å². The highest BCUT2D eigenvalue weighted by molar-refractivity contribution is 6.17. The van der Waals surface area contributed by atoms with Gasteiger partial charge in [-0.25, -0.2) is 9.97 Å². The van der Waals surface area contributed by atoms with Crippen LogP contribution >= 0.6 is 11.6 Å². The van der Waals surface area contributed by atoms with Crippen LogP contribution in [0.2, 0.25) is 0 Å². The predicted octanol–water partition coefficient (Wildman–Crippen LogP) is 4.10. The van der Waals surface area contributed by atoms with E-state index in [1.165, 1.54) is 25.7 Å². The van der Waals surface area contributed by atoms with Crippen molar-refractivity contribution in [3.8, 4) is 0 Å². The van der Waals surface area contributed by atoms with E-state index in [1.54, 1.807) is 0 Å². The molecule has 0 spiro atoms. The minimum absolute atomic E-state index is 0.460. The summed E-state index contributed by atoms with van der Waals surface area (Å²) in [7, 11) is 0. The number of fused-ring (bicyclic) bond motifs is 1. The lowest BCUT2D eigenvalue weighted by molar-refractivity contribution is 0.101. The van der Waals surface area contributed by atoms with Crippen LogP contribution in [0, 0.1) is 12.3 Å². The largest absolute Gasteiger partial charge is 0.312 e. The SMILES string of the molecule is CCC1(Cn2c(CCCl)nc3cc(C)cnc32)CCC1. The van der Waals surface area contributed by atoms with Crippen molar-refractivity contribution in [1.29, 1.82) is 0 Å². The molecular weight excluding hydrogens is 270 g/mol. The van der Waals surface area contributed by atoms with Crippen LogP contribution < -0.4 is 0 Å². The number of alkyl halides is 1. The number of hydrogen-bond donors (Lipinski definition) is 0. The molecule has 0 aliphatic heterocycles. The van der Waals surface area contributed by atoms with Gasteiger partial charge >= 0.3 is 0 Å². The zero-order valence-electron chi connectivity index (χ0n) is 12.3. The van der Waals surface area contributed by atoms with Crippen molar-refractivity contribution in [1.82, 2.24) is 14.5 Å². The molecule has 2 heterocycles. The Morgan fingerprint density at radius 1 is 1.40 bits per heavy atom. The molecule has 2 aromatic heterocycles. The fourth-order valence-corrected chi connectivity index (χ4v) is 3.40. The smallest absolute Gasteiger partial charge is 0.160 e. The summed E-state index contributed by atoms with van der Waals surface area (Å²) in [5.74, 6) is 1.70. The van der Waals surface area contributed by atoms with Gasteiger partial charge in [-0.15, -0.1) is 11.6 Å². The van der Waals surface area contributed by atoms with Gasteiger partial charge in [0.1, 0.15) is 11.3 Å². The first-order valence-electron chi connectivity index (χ1n) is 7.55. The number of rotatable bonds is 5.